The molecular formula is C14H20FNO2. The standard InChI is InChI=1S/C14H20FNO2/c1-10-13(7-8-18-10)16(2)9-14(17)11-5-3-4-6-12(11)15/h3-6,10,13-14,17H,7-9H2,1-2H3. The molecular weight excluding hydrogens is 233 g/mol. The largest absolute Gasteiger partial charge is 0.387 e. The van der Waals surface area contributed by atoms with Gasteiger partial charge >= 0.3 is 0 Å². The zero-order chi connectivity index (χ0) is 13.1. The van der Waals surface area contributed by atoms with Crippen molar-refractivity contribution in [1.29, 1.82) is 0 Å². The molecule has 2 rings (SSSR count). The molecule has 0 amide bonds. The van der Waals surface area contributed by atoms with E-state index in [4.69, 9.17) is 4.74 Å². The Morgan fingerprint density at radius 2 is 2.22 bits per heavy atom. The van der Waals surface area contributed by atoms with Crippen molar-refractivity contribution >= 4 is 0 Å². The number of halogens is 1. The molecule has 1 aromatic rings. The molecule has 0 saturated carbocycles. The van der Waals surface area contributed by atoms with Crippen LogP contribution in [0.15, 0.2) is 24.3 Å². The van der Waals surface area contributed by atoms with E-state index in [0.29, 0.717) is 18.2 Å². The van der Waals surface area contributed by atoms with Gasteiger partial charge in [0.05, 0.1) is 12.2 Å². The lowest BCUT2D eigenvalue weighted by molar-refractivity contribution is 0.0569. The number of hydrogen-bond donors (Lipinski definition) is 1. The van der Waals surface area contributed by atoms with E-state index in [1.54, 1.807) is 18.2 Å². The first kappa shape index (κ1) is 13.5. The van der Waals surface area contributed by atoms with Crippen LogP contribution in [0.5, 0.6) is 0 Å². The molecule has 0 aliphatic carbocycles. The van der Waals surface area contributed by atoms with Crippen molar-refractivity contribution in [2.45, 2.75) is 31.6 Å². The third kappa shape index (κ3) is 2.88. The number of aliphatic hydroxyl groups is 1. The van der Waals surface area contributed by atoms with E-state index in [1.165, 1.54) is 6.07 Å². The summed E-state index contributed by atoms with van der Waals surface area (Å²) in [5.41, 5.74) is 0.357. The Balaban J connectivity index is 1.99. The van der Waals surface area contributed by atoms with Gasteiger partial charge in [0.15, 0.2) is 0 Å². The van der Waals surface area contributed by atoms with Crippen molar-refractivity contribution in [1.82, 2.24) is 4.90 Å². The van der Waals surface area contributed by atoms with E-state index in [9.17, 15) is 9.50 Å². The minimum Gasteiger partial charge on any atom is -0.387 e. The number of ether oxygens (including phenoxy) is 1. The lowest BCUT2D eigenvalue weighted by Gasteiger charge is -2.28. The molecule has 0 radical (unpaired) electrons. The Morgan fingerprint density at radius 1 is 1.50 bits per heavy atom. The number of nitrogens with zero attached hydrogens (tertiary/aromatic N) is 1. The van der Waals surface area contributed by atoms with Crippen LogP contribution in [-0.2, 0) is 4.74 Å². The molecule has 0 bridgehead atoms. The minimum atomic E-state index is -0.802. The van der Waals surface area contributed by atoms with Crippen molar-refractivity contribution in [2.75, 3.05) is 20.2 Å². The second-order valence-corrected chi connectivity index (χ2v) is 4.91. The second kappa shape index (κ2) is 5.78. The van der Waals surface area contributed by atoms with Gasteiger partial charge in [0.1, 0.15) is 5.82 Å². The van der Waals surface area contributed by atoms with E-state index in [2.05, 4.69) is 4.90 Å². The van der Waals surface area contributed by atoms with Crippen LogP contribution in [0.4, 0.5) is 4.39 Å². The predicted octanol–water partition coefficient (Wildman–Crippen LogP) is 1.97. The summed E-state index contributed by atoms with van der Waals surface area (Å²) in [6.45, 7) is 3.20. The first-order valence-corrected chi connectivity index (χ1v) is 6.34. The molecule has 0 aromatic heterocycles. The molecule has 1 aliphatic rings. The predicted molar refractivity (Wildman–Crippen MR) is 67.8 cm³/mol. The van der Waals surface area contributed by atoms with E-state index < -0.39 is 6.10 Å². The van der Waals surface area contributed by atoms with Gasteiger partial charge in [-0.2, -0.15) is 0 Å². The quantitative estimate of drug-likeness (QED) is 0.890. The lowest BCUT2D eigenvalue weighted by Crippen LogP contribution is -2.39. The van der Waals surface area contributed by atoms with E-state index in [1.807, 2.05) is 14.0 Å². The average molecular weight is 253 g/mol. The summed E-state index contributed by atoms with van der Waals surface area (Å²) in [6, 6.07) is 6.67. The normalized spacial score (nSPS) is 25.6. The Labute approximate surface area is 107 Å². The molecule has 4 heteroatoms. The van der Waals surface area contributed by atoms with Crippen LogP contribution in [0, 0.1) is 5.82 Å². The van der Waals surface area contributed by atoms with E-state index in [0.717, 1.165) is 13.0 Å². The van der Waals surface area contributed by atoms with Crippen molar-refractivity contribution in [3.63, 3.8) is 0 Å². The third-order valence-corrected chi connectivity index (χ3v) is 3.63. The van der Waals surface area contributed by atoms with Gasteiger partial charge in [0.2, 0.25) is 0 Å². The molecule has 3 unspecified atom stereocenters. The van der Waals surface area contributed by atoms with Gasteiger partial charge in [-0.3, -0.25) is 4.90 Å². The average Bonchev–Trinajstić information content (AvgIpc) is 2.76. The van der Waals surface area contributed by atoms with Crippen molar-refractivity contribution in [3.8, 4) is 0 Å². The molecule has 18 heavy (non-hydrogen) atoms. The van der Waals surface area contributed by atoms with Gasteiger partial charge in [0, 0.05) is 24.8 Å². The highest BCUT2D eigenvalue weighted by molar-refractivity contribution is 5.20. The van der Waals surface area contributed by atoms with Crippen LogP contribution < -0.4 is 0 Å². The maximum Gasteiger partial charge on any atom is 0.129 e. The Bertz CT molecular complexity index is 399. The summed E-state index contributed by atoms with van der Waals surface area (Å²) < 4.78 is 19.0. The summed E-state index contributed by atoms with van der Waals surface area (Å²) >= 11 is 0. The fraction of sp³-hybridized carbons (Fsp3) is 0.571. The topological polar surface area (TPSA) is 32.7 Å². The Hall–Kier alpha value is -0.970. The zero-order valence-electron chi connectivity index (χ0n) is 10.8. The third-order valence-electron chi connectivity index (χ3n) is 3.63. The Kier molecular flexibility index (Phi) is 4.32. The first-order chi connectivity index (χ1) is 8.59. The van der Waals surface area contributed by atoms with Crippen molar-refractivity contribution in [2.24, 2.45) is 0 Å². The van der Waals surface area contributed by atoms with Crippen LogP contribution in [0.3, 0.4) is 0 Å². The van der Waals surface area contributed by atoms with Crippen LogP contribution in [0.2, 0.25) is 0 Å². The minimum absolute atomic E-state index is 0.169. The molecule has 1 saturated heterocycles. The van der Waals surface area contributed by atoms with Crippen LogP contribution in [-0.4, -0.2) is 42.4 Å². The Morgan fingerprint density at radius 3 is 2.83 bits per heavy atom. The van der Waals surface area contributed by atoms with Gasteiger partial charge < -0.3 is 9.84 Å². The van der Waals surface area contributed by atoms with Crippen molar-refractivity contribution < 1.29 is 14.2 Å². The molecule has 0 spiro atoms. The molecule has 1 heterocycles. The van der Waals surface area contributed by atoms with Gasteiger partial charge in [-0.25, -0.2) is 4.39 Å². The number of rotatable bonds is 4. The molecule has 3 atom stereocenters. The summed E-state index contributed by atoms with van der Waals surface area (Å²) in [4.78, 5) is 2.05. The van der Waals surface area contributed by atoms with Crippen molar-refractivity contribution in [3.05, 3.63) is 35.6 Å². The molecule has 1 fully saturated rings. The summed E-state index contributed by atoms with van der Waals surface area (Å²) in [5.74, 6) is -0.353. The fourth-order valence-corrected chi connectivity index (χ4v) is 2.55. The summed E-state index contributed by atoms with van der Waals surface area (Å²) in [6.07, 6.45) is 0.327. The first-order valence-electron chi connectivity index (χ1n) is 6.34. The number of benzene rings is 1. The molecule has 1 N–H and O–H groups in total. The SMILES string of the molecule is CC1OCCC1N(C)CC(O)c1ccccc1F. The molecule has 3 nitrogen and oxygen atoms in total. The second-order valence-electron chi connectivity index (χ2n) is 4.91. The lowest BCUT2D eigenvalue weighted by atomic mass is 10.1. The van der Waals surface area contributed by atoms with Crippen LogP contribution >= 0.6 is 0 Å². The number of likely N-dealkylation sites (N-methyl/N-ethyl adjacent to an activating group) is 1. The number of aliphatic hydroxyl groups excluding tert-OH is 1. The van der Waals surface area contributed by atoms with E-state index in [-0.39, 0.29) is 11.9 Å². The zero-order valence-corrected chi connectivity index (χ0v) is 10.8. The van der Waals surface area contributed by atoms with Crippen LogP contribution in [0.1, 0.15) is 25.0 Å². The van der Waals surface area contributed by atoms with Gasteiger partial charge in [-0.1, -0.05) is 18.2 Å². The highest BCUT2D eigenvalue weighted by atomic mass is 19.1. The molecule has 1 aliphatic heterocycles. The highest BCUT2D eigenvalue weighted by Gasteiger charge is 2.29. The molecule has 1 aromatic carbocycles. The highest BCUT2D eigenvalue weighted by Crippen LogP contribution is 2.22. The van der Waals surface area contributed by atoms with E-state index >= 15 is 0 Å². The maximum absolute atomic E-state index is 13.5. The van der Waals surface area contributed by atoms with Crippen LogP contribution in [0.25, 0.3) is 0 Å². The fourth-order valence-electron chi connectivity index (χ4n) is 2.55. The van der Waals surface area contributed by atoms with Gasteiger partial charge in [0.25, 0.3) is 0 Å². The number of hydrogen-bond acceptors (Lipinski definition) is 3. The maximum atomic E-state index is 13.5. The van der Waals surface area contributed by atoms with Gasteiger partial charge in [-0.15, -0.1) is 0 Å². The van der Waals surface area contributed by atoms with Gasteiger partial charge in [-0.05, 0) is 26.5 Å². The molecule has 100 valence electrons. The smallest absolute Gasteiger partial charge is 0.129 e. The monoisotopic (exact) mass is 253 g/mol. The summed E-state index contributed by atoms with van der Waals surface area (Å²) in [7, 11) is 1.94. The summed E-state index contributed by atoms with van der Waals surface area (Å²) in [5, 5.41) is 10.1.